The molecule has 0 aliphatic heterocycles. The molecule has 28 heavy (non-hydrogen) atoms. The number of hydrogen-bond donors (Lipinski definition) is 1. The van der Waals surface area contributed by atoms with Crippen LogP contribution in [0.25, 0.3) is 0 Å². The van der Waals surface area contributed by atoms with Gasteiger partial charge in [-0.15, -0.1) is 12.4 Å². The third-order valence-electron chi connectivity index (χ3n) is 4.74. The van der Waals surface area contributed by atoms with Gasteiger partial charge < -0.3 is 5.32 Å². The molecular formula is C24H28ClNOS. The number of halogens is 1. The summed E-state index contributed by atoms with van der Waals surface area (Å²) in [6.07, 6.45) is 1.01. The van der Waals surface area contributed by atoms with Crippen molar-refractivity contribution in [1.82, 2.24) is 5.32 Å². The predicted octanol–water partition coefficient (Wildman–Crippen LogP) is 5.42. The van der Waals surface area contributed by atoms with Gasteiger partial charge in [-0.2, -0.15) is 0 Å². The molecule has 0 saturated carbocycles. The van der Waals surface area contributed by atoms with Gasteiger partial charge in [0.05, 0.1) is 10.8 Å². The van der Waals surface area contributed by atoms with Gasteiger partial charge in [-0.05, 0) is 43.1 Å². The topological polar surface area (TPSA) is 29.1 Å². The molecule has 0 amide bonds. The van der Waals surface area contributed by atoms with Gasteiger partial charge in [0.15, 0.2) is 0 Å². The van der Waals surface area contributed by atoms with Crippen LogP contribution in [0, 0.1) is 0 Å². The fourth-order valence-corrected chi connectivity index (χ4v) is 4.55. The summed E-state index contributed by atoms with van der Waals surface area (Å²) in [6, 6.07) is 31.2. The number of hydrogen-bond acceptors (Lipinski definition) is 2. The second-order valence-electron chi connectivity index (χ2n) is 6.84. The number of rotatable bonds is 9. The minimum absolute atomic E-state index is 0. The molecule has 1 N–H and O–H groups in total. The van der Waals surface area contributed by atoms with E-state index >= 15 is 0 Å². The van der Waals surface area contributed by atoms with E-state index in [0.29, 0.717) is 11.7 Å². The van der Waals surface area contributed by atoms with Crippen molar-refractivity contribution in [2.75, 3.05) is 12.3 Å². The fraction of sp³-hybridized carbons (Fsp3) is 0.250. The molecule has 0 saturated heterocycles. The molecule has 0 fully saturated rings. The van der Waals surface area contributed by atoms with Crippen molar-refractivity contribution in [2.24, 2.45) is 0 Å². The molecule has 0 bridgehead atoms. The van der Waals surface area contributed by atoms with E-state index in [1.165, 1.54) is 11.1 Å². The maximum absolute atomic E-state index is 12.5. The molecule has 0 aliphatic carbocycles. The van der Waals surface area contributed by atoms with Gasteiger partial charge in [-0.25, -0.2) is 0 Å². The largest absolute Gasteiger partial charge is 0.313 e. The third-order valence-corrected chi connectivity index (χ3v) is 6.34. The van der Waals surface area contributed by atoms with Gasteiger partial charge >= 0.3 is 0 Å². The van der Waals surface area contributed by atoms with Crippen molar-refractivity contribution in [3.63, 3.8) is 0 Å². The lowest BCUT2D eigenvalue weighted by molar-refractivity contribution is 0.551. The van der Waals surface area contributed by atoms with E-state index in [-0.39, 0.29) is 18.4 Å². The van der Waals surface area contributed by atoms with Crippen molar-refractivity contribution < 1.29 is 4.21 Å². The molecule has 0 aliphatic rings. The van der Waals surface area contributed by atoms with Crippen LogP contribution in [0.3, 0.4) is 0 Å². The number of benzene rings is 3. The predicted molar refractivity (Wildman–Crippen MR) is 122 cm³/mol. The van der Waals surface area contributed by atoms with Crippen LogP contribution in [0.15, 0.2) is 95.9 Å². The molecule has 148 valence electrons. The fourth-order valence-electron chi connectivity index (χ4n) is 3.33. The standard InChI is InChI=1S/C24H27NOS.ClH/c1-20(19-27(26)23-15-9-4-10-16-23)25-18-17-24(21-11-5-2-6-12-21)22-13-7-3-8-14-22;/h2-16,20,24-25H,17-19H2,1H3;1H. The van der Waals surface area contributed by atoms with E-state index in [9.17, 15) is 4.21 Å². The zero-order valence-corrected chi connectivity index (χ0v) is 17.8. The Bertz CT molecular complexity index is 787. The summed E-state index contributed by atoms with van der Waals surface area (Å²) < 4.78 is 12.5. The van der Waals surface area contributed by atoms with Crippen molar-refractivity contribution in [1.29, 1.82) is 0 Å². The molecule has 0 aromatic heterocycles. The lowest BCUT2D eigenvalue weighted by Gasteiger charge is -2.20. The van der Waals surface area contributed by atoms with Gasteiger partial charge in [0.25, 0.3) is 0 Å². The van der Waals surface area contributed by atoms with Gasteiger partial charge in [-0.3, -0.25) is 4.21 Å². The highest BCUT2D eigenvalue weighted by atomic mass is 35.5. The summed E-state index contributed by atoms with van der Waals surface area (Å²) in [5, 5.41) is 3.56. The van der Waals surface area contributed by atoms with Gasteiger partial charge in [0.1, 0.15) is 0 Å². The first-order valence-corrected chi connectivity index (χ1v) is 10.8. The molecule has 0 spiro atoms. The summed E-state index contributed by atoms with van der Waals surface area (Å²) in [5.74, 6) is 0.998. The van der Waals surface area contributed by atoms with Gasteiger partial charge in [-0.1, -0.05) is 78.9 Å². The summed E-state index contributed by atoms with van der Waals surface area (Å²) in [5.41, 5.74) is 2.68. The Kier molecular flexibility index (Phi) is 9.42. The minimum atomic E-state index is -0.962. The Labute approximate surface area is 177 Å². The quantitative estimate of drug-likeness (QED) is 0.507. The van der Waals surface area contributed by atoms with E-state index in [2.05, 4.69) is 72.9 Å². The minimum Gasteiger partial charge on any atom is -0.313 e. The van der Waals surface area contributed by atoms with Crippen LogP contribution >= 0.6 is 12.4 Å². The summed E-state index contributed by atoms with van der Waals surface area (Å²) >= 11 is 0. The van der Waals surface area contributed by atoms with E-state index < -0.39 is 10.8 Å². The molecule has 3 aromatic carbocycles. The van der Waals surface area contributed by atoms with E-state index in [1.807, 2.05) is 30.3 Å². The first kappa shape index (κ1) is 22.4. The molecule has 0 heterocycles. The molecule has 0 radical (unpaired) electrons. The average molecular weight is 414 g/mol. The van der Waals surface area contributed by atoms with E-state index in [1.54, 1.807) is 0 Å². The maximum atomic E-state index is 12.5. The zero-order valence-electron chi connectivity index (χ0n) is 16.2. The Morgan fingerprint density at radius 2 is 1.25 bits per heavy atom. The van der Waals surface area contributed by atoms with Crippen molar-refractivity contribution in [3.05, 3.63) is 102 Å². The normalized spacial score (nSPS) is 12.9. The summed E-state index contributed by atoms with van der Waals surface area (Å²) in [7, 11) is -0.962. The Hall–Kier alpha value is -1.94. The van der Waals surface area contributed by atoms with E-state index in [4.69, 9.17) is 0 Å². The SMILES string of the molecule is CC(CS(=O)c1ccccc1)NCCC(c1ccccc1)c1ccccc1.Cl. The molecular weight excluding hydrogens is 386 g/mol. The van der Waals surface area contributed by atoms with Gasteiger partial charge in [0, 0.05) is 22.6 Å². The highest BCUT2D eigenvalue weighted by Gasteiger charge is 2.15. The highest BCUT2D eigenvalue weighted by molar-refractivity contribution is 7.85. The summed E-state index contributed by atoms with van der Waals surface area (Å²) in [4.78, 5) is 0.901. The second-order valence-corrected chi connectivity index (χ2v) is 8.34. The summed E-state index contributed by atoms with van der Waals surface area (Å²) in [6.45, 7) is 3.00. The first-order chi connectivity index (χ1) is 13.2. The van der Waals surface area contributed by atoms with Gasteiger partial charge in [0.2, 0.25) is 0 Å². The smallest absolute Gasteiger partial charge is 0.0545 e. The zero-order chi connectivity index (χ0) is 18.9. The third kappa shape index (κ3) is 6.59. The Morgan fingerprint density at radius 1 is 0.786 bits per heavy atom. The lowest BCUT2D eigenvalue weighted by atomic mass is 9.88. The number of nitrogens with one attached hydrogen (secondary N) is 1. The molecule has 2 atom stereocenters. The van der Waals surface area contributed by atoms with Crippen LogP contribution in [0.4, 0.5) is 0 Å². The molecule has 2 unspecified atom stereocenters. The van der Waals surface area contributed by atoms with Crippen LogP contribution in [0.2, 0.25) is 0 Å². The van der Waals surface area contributed by atoms with Crippen molar-refractivity contribution >= 4 is 23.2 Å². The molecule has 2 nitrogen and oxygen atoms in total. The van der Waals surface area contributed by atoms with Crippen LogP contribution in [0.1, 0.15) is 30.4 Å². The Morgan fingerprint density at radius 3 is 1.75 bits per heavy atom. The van der Waals surface area contributed by atoms with Crippen molar-refractivity contribution in [3.8, 4) is 0 Å². The maximum Gasteiger partial charge on any atom is 0.0545 e. The van der Waals surface area contributed by atoms with E-state index in [0.717, 1.165) is 17.9 Å². The molecule has 4 heteroatoms. The van der Waals surface area contributed by atoms with Crippen molar-refractivity contribution in [2.45, 2.75) is 30.2 Å². The highest BCUT2D eigenvalue weighted by Crippen LogP contribution is 2.27. The second kappa shape index (κ2) is 11.8. The van der Waals surface area contributed by atoms with Crippen LogP contribution < -0.4 is 5.32 Å². The monoisotopic (exact) mass is 413 g/mol. The lowest BCUT2D eigenvalue weighted by Crippen LogP contribution is -2.32. The average Bonchev–Trinajstić information content (AvgIpc) is 2.73. The molecule has 3 aromatic rings. The van der Waals surface area contributed by atoms with Crippen LogP contribution in [-0.4, -0.2) is 22.5 Å². The van der Waals surface area contributed by atoms with Crippen LogP contribution in [-0.2, 0) is 10.8 Å². The van der Waals surface area contributed by atoms with Crippen LogP contribution in [0.5, 0.6) is 0 Å². The first-order valence-electron chi connectivity index (χ1n) is 9.50. The Balaban J connectivity index is 0.00000280. The molecule has 3 rings (SSSR count).